The van der Waals surface area contributed by atoms with E-state index in [0.29, 0.717) is 6.42 Å². The molecular formula is C10H10N2OS. The van der Waals surface area contributed by atoms with E-state index in [1.807, 2.05) is 25.1 Å². The van der Waals surface area contributed by atoms with Gasteiger partial charge >= 0.3 is 0 Å². The Labute approximate surface area is 85.6 Å². The predicted molar refractivity (Wildman–Crippen MR) is 57.3 cm³/mol. The Morgan fingerprint density at radius 2 is 2.36 bits per heavy atom. The molecule has 0 saturated heterocycles. The van der Waals surface area contributed by atoms with Crippen LogP contribution < -0.4 is 5.73 Å². The largest absolute Gasteiger partial charge is 0.369 e. The van der Waals surface area contributed by atoms with Crippen molar-refractivity contribution in [1.29, 1.82) is 0 Å². The number of fused-ring (bicyclic) bond motifs is 1. The van der Waals surface area contributed by atoms with Crippen LogP contribution in [0, 0.1) is 6.92 Å². The van der Waals surface area contributed by atoms with Crippen molar-refractivity contribution < 1.29 is 4.79 Å². The molecule has 0 unspecified atom stereocenters. The van der Waals surface area contributed by atoms with Gasteiger partial charge in [0.05, 0.1) is 21.6 Å². The maximum atomic E-state index is 10.7. The van der Waals surface area contributed by atoms with Crippen LogP contribution in [0.15, 0.2) is 18.2 Å². The fourth-order valence-corrected chi connectivity index (χ4v) is 2.29. The highest BCUT2D eigenvalue weighted by Crippen LogP contribution is 2.22. The summed E-state index contributed by atoms with van der Waals surface area (Å²) in [5.74, 6) is -0.300. The predicted octanol–water partition coefficient (Wildman–Crippen LogP) is 1.63. The Bertz CT molecular complexity index is 490. The normalized spacial score (nSPS) is 10.6. The van der Waals surface area contributed by atoms with Crippen LogP contribution in [-0.4, -0.2) is 10.9 Å². The summed E-state index contributed by atoms with van der Waals surface area (Å²) in [6.07, 6.45) is 0.298. The second-order valence-electron chi connectivity index (χ2n) is 3.18. The molecule has 1 aromatic heterocycles. The third kappa shape index (κ3) is 1.75. The quantitative estimate of drug-likeness (QED) is 0.812. The number of nitrogens with two attached hydrogens (primary N) is 1. The number of thiazole rings is 1. The zero-order chi connectivity index (χ0) is 10.1. The Morgan fingerprint density at radius 1 is 1.57 bits per heavy atom. The Hall–Kier alpha value is -1.42. The number of nitrogens with zero attached hydrogens (tertiary/aromatic N) is 1. The van der Waals surface area contributed by atoms with E-state index in [-0.39, 0.29) is 5.91 Å². The average Bonchev–Trinajstić information content (AvgIpc) is 2.42. The molecule has 3 nitrogen and oxygen atoms in total. The summed E-state index contributed by atoms with van der Waals surface area (Å²) in [5.41, 5.74) is 7.06. The molecule has 14 heavy (non-hydrogen) atoms. The number of hydrogen-bond acceptors (Lipinski definition) is 3. The van der Waals surface area contributed by atoms with Gasteiger partial charge in [0.25, 0.3) is 0 Å². The molecule has 0 radical (unpaired) electrons. The topological polar surface area (TPSA) is 56.0 Å². The molecule has 0 atom stereocenters. The molecule has 0 aliphatic carbocycles. The standard InChI is InChI=1S/C10H10N2OS/c1-6-12-8-3-2-7(5-10(11)13)4-9(8)14-6/h2-4H,5H2,1H3,(H2,11,13). The summed E-state index contributed by atoms with van der Waals surface area (Å²) in [5, 5.41) is 1.04. The maximum Gasteiger partial charge on any atom is 0.221 e. The van der Waals surface area contributed by atoms with Crippen molar-refractivity contribution in [2.45, 2.75) is 13.3 Å². The molecule has 0 saturated carbocycles. The van der Waals surface area contributed by atoms with Crippen molar-refractivity contribution in [3.8, 4) is 0 Å². The first-order chi connectivity index (χ1) is 6.65. The molecule has 0 fully saturated rings. The van der Waals surface area contributed by atoms with E-state index in [9.17, 15) is 4.79 Å². The number of aromatic nitrogens is 1. The fourth-order valence-electron chi connectivity index (χ4n) is 1.40. The van der Waals surface area contributed by atoms with Crippen LogP contribution >= 0.6 is 11.3 Å². The summed E-state index contributed by atoms with van der Waals surface area (Å²) in [7, 11) is 0. The van der Waals surface area contributed by atoms with Gasteiger partial charge < -0.3 is 5.73 Å². The zero-order valence-electron chi connectivity index (χ0n) is 7.78. The van der Waals surface area contributed by atoms with E-state index in [0.717, 1.165) is 20.8 Å². The van der Waals surface area contributed by atoms with Gasteiger partial charge in [0.15, 0.2) is 0 Å². The number of rotatable bonds is 2. The summed E-state index contributed by atoms with van der Waals surface area (Å²) in [6, 6.07) is 5.80. The highest BCUT2D eigenvalue weighted by Gasteiger charge is 2.03. The monoisotopic (exact) mass is 206 g/mol. The zero-order valence-corrected chi connectivity index (χ0v) is 8.60. The SMILES string of the molecule is Cc1nc2ccc(CC(N)=O)cc2s1. The molecule has 0 aliphatic rings. The van der Waals surface area contributed by atoms with Gasteiger partial charge in [-0.15, -0.1) is 11.3 Å². The highest BCUT2D eigenvalue weighted by molar-refractivity contribution is 7.18. The molecule has 2 aromatic rings. The van der Waals surface area contributed by atoms with Gasteiger partial charge in [-0.3, -0.25) is 4.79 Å². The number of benzene rings is 1. The lowest BCUT2D eigenvalue weighted by atomic mass is 10.1. The second-order valence-corrected chi connectivity index (χ2v) is 4.41. The minimum absolute atomic E-state index is 0.298. The summed E-state index contributed by atoms with van der Waals surface area (Å²) in [4.78, 5) is 15.1. The van der Waals surface area contributed by atoms with Gasteiger partial charge in [-0.1, -0.05) is 6.07 Å². The van der Waals surface area contributed by atoms with Crippen LogP contribution in [0.3, 0.4) is 0 Å². The maximum absolute atomic E-state index is 10.7. The Morgan fingerprint density at radius 3 is 3.07 bits per heavy atom. The van der Waals surface area contributed by atoms with E-state index in [4.69, 9.17) is 5.73 Å². The third-order valence-electron chi connectivity index (χ3n) is 1.94. The number of amides is 1. The van der Waals surface area contributed by atoms with E-state index < -0.39 is 0 Å². The minimum atomic E-state index is -0.300. The first-order valence-corrected chi connectivity index (χ1v) is 5.11. The molecule has 1 aromatic carbocycles. The van der Waals surface area contributed by atoms with Crippen molar-refractivity contribution in [1.82, 2.24) is 4.98 Å². The lowest BCUT2D eigenvalue weighted by molar-refractivity contribution is -0.117. The summed E-state index contributed by atoms with van der Waals surface area (Å²) < 4.78 is 1.11. The molecule has 0 bridgehead atoms. The van der Waals surface area contributed by atoms with Gasteiger partial charge in [0.1, 0.15) is 0 Å². The first-order valence-electron chi connectivity index (χ1n) is 4.29. The summed E-state index contributed by atoms with van der Waals surface area (Å²) in [6.45, 7) is 1.97. The van der Waals surface area contributed by atoms with E-state index >= 15 is 0 Å². The highest BCUT2D eigenvalue weighted by atomic mass is 32.1. The van der Waals surface area contributed by atoms with Crippen molar-refractivity contribution in [2.75, 3.05) is 0 Å². The number of aryl methyl sites for hydroxylation is 1. The van der Waals surface area contributed by atoms with Crippen LogP contribution in [0.1, 0.15) is 10.6 Å². The van der Waals surface area contributed by atoms with Gasteiger partial charge in [-0.25, -0.2) is 4.98 Å². The lowest BCUT2D eigenvalue weighted by Gasteiger charge is -1.96. The molecule has 72 valence electrons. The molecular weight excluding hydrogens is 196 g/mol. The Kier molecular flexibility index (Phi) is 2.21. The van der Waals surface area contributed by atoms with Crippen molar-refractivity contribution >= 4 is 27.5 Å². The molecule has 0 spiro atoms. The molecule has 1 heterocycles. The third-order valence-corrected chi connectivity index (χ3v) is 2.87. The average molecular weight is 206 g/mol. The summed E-state index contributed by atoms with van der Waals surface area (Å²) >= 11 is 1.63. The number of hydrogen-bond donors (Lipinski definition) is 1. The second kappa shape index (κ2) is 3.38. The minimum Gasteiger partial charge on any atom is -0.369 e. The van der Waals surface area contributed by atoms with Crippen LogP contribution in [0.4, 0.5) is 0 Å². The van der Waals surface area contributed by atoms with Crippen LogP contribution in [0.25, 0.3) is 10.2 Å². The van der Waals surface area contributed by atoms with E-state index in [1.165, 1.54) is 0 Å². The Balaban J connectivity index is 2.45. The van der Waals surface area contributed by atoms with Crippen molar-refractivity contribution in [3.63, 3.8) is 0 Å². The van der Waals surface area contributed by atoms with Gasteiger partial charge in [0, 0.05) is 0 Å². The van der Waals surface area contributed by atoms with Gasteiger partial charge in [-0.05, 0) is 24.6 Å². The molecule has 0 aliphatic heterocycles. The number of primary amides is 1. The van der Waals surface area contributed by atoms with Crippen LogP contribution in [0.5, 0.6) is 0 Å². The molecule has 2 rings (SSSR count). The van der Waals surface area contributed by atoms with E-state index in [2.05, 4.69) is 4.98 Å². The number of carbonyl (C=O) groups is 1. The fraction of sp³-hybridized carbons (Fsp3) is 0.200. The van der Waals surface area contributed by atoms with Gasteiger partial charge in [-0.2, -0.15) is 0 Å². The van der Waals surface area contributed by atoms with Crippen molar-refractivity contribution in [2.24, 2.45) is 5.73 Å². The first kappa shape index (κ1) is 9.15. The smallest absolute Gasteiger partial charge is 0.221 e. The van der Waals surface area contributed by atoms with Crippen LogP contribution in [-0.2, 0) is 11.2 Å². The molecule has 1 amide bonds. The van der Waals surface area contributed by atoms with Gasteiger partial charge in [0.2, 0.25) is 5.91 Å². The molecule has 2 N–H and O–H groups in total. The van der Waals surface area contributed by atoms with Crippen LogP contribution in [0.2, 0.25) is 0 Å². The number of carbonyl (C=O) groups excluding carboxylic acids is 1. The lowest BCUT2D eigenvalue weighted by Crippen LogP contribution is -2.13. The van der Waals surface area contributed by atoms with Crippen molar-refractivity contribution in [3.05, 3.63) is 28.8 Å². The van der Waals surface area contributed by atoms with E-state index in [1.54, 1.807) is 11.3 Å². The molecule has 4 heteroatoms.